The van der Waals surface area contributed by atoms with Crippen molar-refractivity contribution in [3.63, 3.8) is 0 Å². The lowest BCUT2D eigenvalue weighted by Gasteiger charge is -2.16. The molecule has 0 radical (unpaired) electrons. The van der Waals surface area contributed by atoms with E-state index in [9.17, 15) is 0 Å². The van der Waals surface area contributed by atoms with Gasteiger partial charge in [-0.05, 0) is 320 Å². The van der Waals surface area contributed by atoms with Gasteiger partial charge < -0.3 is 18.3 Å². The van der Waals surface area contributed by atoms with Gasteiger partial charge in [-0.25, -0.2) is 9.97 Å². The molecule has 12 heteroatoms. The zero-order valence-electron chi connectivity index (χ0n) is 80.2. The van der Waals surface area contributed by atoms with E-state index in [4.69, 9.17) is 19.9 Å². The number of pyridine rings is 8. The molecule has 0 saturated carbocycles. The topological polar surface area (TPSA) is 123 Å². The number of para-hydroxylation sites is 8. The molecule has 0 N–H and O–H groups in total. The van der Waals surface area contributed by atoms with Gasteiger partial charge in [0.2, 0.25) is 0 Å². The first-order valence-corrected chi connectivity index (χ1v) is 49.8. The number of nitrogens with zero attached hydrogens (tertiary/aromatic N) is 12. The van der Waals surface area contributed by atoms with Crippen LogP contribution in [-0.4, -0.2) is 58.1 Å². The molecule has 12 nitrogen and oxygen atoms in total. The van der Waals surface area contributed by atoms with Crippen molar-refractivity contribution in [1.29, 1.82) is 0 Å². The Balaban J connectivity index is 0.000000146. The molecule has 0 bridgehead atoms. The van der Waals surface area contributed by atoms with Crippen LogP contribution in [0.15, 0.2) is 535 Å². The smallest absolute Gasteiger partial charge is 0.0795 e. The second kappa shape index (κ2) is 37.4. The number of benzene rings is 16. The second-order valence-electron chi connectivity index (χ2n) is 37.5. The summed E-state index contributed by atoms with van der Waals surface area (Å²) in [5.74, 6) is 0. The standard InChI is InChI=1S/2C68H44N6/c1-3-23-54(24-4-1)73-64-33-9-7-27-56(64)59-42-58(66-57-28-8-10-34-65(57)74(68(66)67(59)73)55-25-5-2-6-26-55)53-40-51(45-17-11-19-47(37-45)60-29-13-31-62(71-60)49-21-15-35-69-43-49)39-52(41-53)46-18-12-20-48(38-46)61-30-14-32-63(72-61)50-22-16-36-70-44-50;1-3-17-58(18-4-1)73-64-23-9-7-21-60(64)63-40-62(66-61-22-8-10-24-65(61)74(68(66)67(63)73)59-19-5-2-6-20-59)53-36-51(47-13-11-15-49(33-47)56-38-54(41-71-43-56)45-25-29-69-30-26-45)35-52(37-53)48-14-12-16-50(34-48)57-39-55(42-72-44-57)46-27-31-70-32-28-46/h2*1-44H. The molecule has 16 aromatic carbocycles. The van der Waals surface area contributed by atoms with Crippen molar-refractivity contribution in [2.45, 2.75) is 0 Å². The molecule has 0 atom stereocenters. The lowest BCUT2D eigenvalue weighted by atomic mass is 9.89. The van der Waals surface area contributed by atoms with Crippen LogP contribution in [0.5, 0.6) is 0 Å². The van der Waals surface area contributed by atoms with Gasteiger partial charge in [0.25, 0.3) is 0 Å². The SMILES string of the molecule is c1ccc(-n2c3ccccc3c3cc(-c4cc(-c5cccc(-c6cccc(-c7cccnc7)n6)c5)cc(-c5cccc(-c6cccc(-c7cccnc7)n6)c5)c4)c4c5ccccc5n(-c5ccccc5)c4c32)cc1.c1ccc(-n2c3ccccc3c3cc(-c4cc(-c5cccc(-c6cncc(-c7ccncc7)c6)c5)cc(-c5cccc(-c6cncc(-c7ccncc7)c6)c5)c4)c4c5ccccc5n(-c5ccccc5)c4c32)cc1. The monoisotopic (exact) mass is 1890 g/mol. The maximum absolute atomic E-state index is 5.16. The van der Waals surface area contributed by atoms with Gasteiger partial charge in [-0.15, -0.1) is 0 Å². The highest BCUT2D eigenvalue weighted by Crippen LogP contribution is 2.52. The fourth-order valence-electron chi connectivity index (χ4n) is 21.9. The van der Waals surface area contributed by atoms with Crippen LogP contribution >= 0.6 is 0 Å². The average Bonchev–Trinajstić information content (AvgIpc) is 1.53. The van der Waals surface area contributed by atoms with Gasteiger partial charge in [-0.1, -0.05) is 231 Å². The summed E-state index contributed by atoms with van der Waals surface area (Å²) in [6, 6.07) is 166. The largest absolute Gasteiger partial charge is 0.307 e. The van der Waals surface area contributed by atoms with E-state index in [0.29, 0.717) is 0 Å². The third kappa shape index (κ3) is 15.9. The predicted molar refractivity (Wildman–Crippen MR) is 609 cm³/mol. The van der Waals surface area contributed by atoms with Crippen molar-refractivity contribution in [3.8, 4) is 179 Å². The van der Waals surface area contributed by atoms with Crippen LogP contribution in [0.4, 0.5) is 0 Å². The molecule has 0 fully saturated rings. The van der Waals surface area contributed by atoms with E-state index in [2.05, 4.69) is 451 Å². The minimum atomic E-state index is 0.883. The summed E-state index contributed by atoms with van der Waals surface area (Å²) >= 11 is 0. The lowest BCUT2D eigenvalue weighted by Crippen LogP contribution is -1.99. The molecular weight excluding hydrogens is 1800 g/mol. The zero-order valence-corrected chi connectivity index (χ0v) is 80.2. The molecular formula is C136H88N12. The van der Waals surface area contributed by atoms with Gasteiger partial charge in [0, 0.05) is 185 Å². The first-order chi connectivity index (χ1) is 73.4. The Morgan fingerprint density at radius 1 is 0.135 bits per heavy atom. The molecule has 0 amide bonds. The van der Waals surface area contributed by atoms with E-state index >= 15 is 0 Å². The van der Waals surface area contributed by atoms with Crippen LogP contribution in [0.3, 0.4) is 0 Å². The van der Waals surface area contributed by atoms with E-state index in [-0.39, 0.29) is 0 Å². The maximum Gasteiger partial charge on any atom is 0.0795 e. The van der Waals surface area contributed by atoms with E-state index in [1.807, 2.05) is 110 Å². The minimum Gasteiger partial charge on any atom is -0.307 e. The molecule has 0 aliphatic rings. The van der Waals surface area contributed by atoms with Crippen molar-refractivity contribution >= 4 is 87.2 Å². The highest BCUT2D eigenvalue weighted by Gasteiger charge is 2.29. The van der Waals surface area contributed by atoms with Crippen molar-refractivity contribution in [3.05, 3.63) is 535 Å². The Kier molecular flexibility index (Phi) is 22.0. The molecule has 12 heterocycles. The molecule has 0 aliphatic heterocycles. The van der Waals surface area contributed by atoms with E-state index < -0.39 is 0 Å². The zero-order chi connectivity index (χ0) is 97.9. The Morgan fingerprint density at radius 3 is 0.730 bits per heavy atom. The van der Waals surface area contributed by atoms with Gasteiger partial charge in [0.1, 0.15) is 0 Å². The Bertz CT molecular complexity index is 9100. The van der Waals surface area contributed by atoms with Crippen LogP contribution in [0, 0.1) is 0 Å². The molecule has 28 aromatic rings. The number of hydrogen-bond acceptors (Lipinski definition) is 8. The molecule has 0 unspecified atom stereocenters. The molecule has 692 valence electrons. The van der Waals surface area contributed by atoms with E-state index in [0.717, 1.165) is 223 Å². The summed E-state index contributed by atoms with van der Waals surface area (Å²) in [4.78, 5) is 37.0. The highest BCUT2D eigenvalue weighted by molar-refractivity contribution is 6.30. The summed E-state index contributed by atoms with van der Waals surface area (Å²) in [5.41, 5.74) is 43.1. The normalized spacial score (nSPS) is 11.5. The summed E-state index contributed by atoms with van der Waals surface area (Å²) < 4.78 is 9.88. The average molecular weight is 1890 g/mol. The fraction of sp³-hybridized carbons (Fsp3) is 0. The molecule has 0 aliphatic carbocycles. The lowest BCUT2D eigenvalue weighted by molar-refractivity contribution is 1.15. The van der Waals surface area contributed by atoms with Crippen molar-refractivity contribution in [2.24, 2.45) is 0 Å². The van der Waals surface area contributed by atoms with Crippen LogP contribution in [0.25, 0.3) is 266 Å². The number of aromatic nitrogens is 12. The quantitative estimate of drug-likeness (QED) is 0.0832. The number of hydrogen-bond donors (Lipinski definition) is 0. The highest BCUT2D eigenvalue weighted by atomic mass is 15.1. The summed E-state index contributed by atoms with van der Waals surface area (Å²) in [6.07, 6.45) is 22.4. The van der Waals surface area contributed by atoms with Gasteiger partial charge in [0.05, 0.1) is 66.9 Å². The van der Waals surface area contributed by atoms with Crippen molar-refractivity contribution in [2.75, 3.05) is 0 Å². The van der Waals surface area contributed by atoms with Crippen molar-refractivity contribution in [1.82, 2.24) is 58.1 Å². The fourth-order valence-corrected chi connectivity index (χ4v) is 21.9. The van der Waals surface area contributed by atoms with Gasteiger partial charge >= 0.3 is 0 Å². The number of rotatable bonds is 18. The third-order valence-electron chi connectivity index (χ3n) is 28.6. The van der Waals surface area contributed by atoms with Crippen molar-refractivity contribution < 1.29 is 0 Å². The van der Waals surface area contributed by atoms with Crippen LogP contribution in [0.2, 0.25) is 0 Å². The molecule has 0 spiro atoms. The van der Waals surface area contributed by atoms with Gasteiger partial charge in [-0.2, -0.15) is 0 Å². The summed E-state index contributed by atoms with van der Waals surface area (Å²) in [6.45, 7) is 0. The Morgan fingerprint density at radius 2 is 0.385 bits per heavy atom. The Hall–Kier alpha value is -20.1. The first kappa shape index (κ1) is 87.0. The summed E-state index contributed by atoms with van der Waals surface area (Å²) in [5, 5.41) is 9.51. The van der Waals surface area contributed by atoms with Crippen LogP contribution in [0.1, 0.15) is 0 Å². The van der Waals surface area contributed by atoms with Crippen LogP contribution < -0.4 is 0 Å². The molecule has 0 saturated heterocycles. The molecule has 148 heavy (non-hydrogen) atoms. The Labute approximate surface area is 853 Å². The number of fused-ring (bicyclic) bond motifs is 14. The second-order valence-corrected chi connectivity index (χ2v) is 37.5. The summed E-state index contributed by atoms with van der Waals surface area (Å²) in [7, 11) is 0. The molecule has 28 rings (SSSR count). The van der Waals surface area contributed by atoms with E-state index in [1.165, 1.54) is 43.1 Å². The van der Waals surface area contributed by atoms with Gasteiger partial charge in [0.15, 0.2) is 0 Å². The predicted octanol–water partition coefficient (Wildman–Crippen LogP) is 34.3. The van der Waals surface area contributed by atoms with E-state index in [1.54, 1.807) is 12.4 Å². The minimum absolute atomic E-state index is 0.883. The molecule has 12 aromatic heterocycles. The first-order valence-electron chi connectivity index (χ1n) is 49.8. The maximum atomic E-state index is 5.16. The van der Waals surface area contributed by atoms with Crippen LogP contribution in [-0.2, 0) is 0 Å². The third-order valence-corrected chi connectivity index (χ3v) is 28.6. The van der Waals surface area contributed by atoms with Gasteiger partial charge in [-0.3, -0.25) is 29.9 Å².